The van der Waals surface area contributed by atoms with Gasteiger partial charge in [0.15, 0.2) is 0 Å². The highest BCUT2D eigenvalue weighted by Crippen LogP contribution is 2.30. The Morgan fingerprint density at radius 1 is 1.19 bits per heavy atom. The van der Waals surface area contributed by atoms with Gasteiger partial charge in [-0.2, -0.15) is 0 Å². The van der Waals surface area contributed by atoms with Crippen molar-refractivity contribution in [3.8, 4) is 11.8 Å². The largest absolute Gasteiger partial charge is 0.373 e. The summed E-state index contributed by atoms with van der Waals surface area (Å²) in [4.78, 5) is 10.3. The summed E-state index contributed by atoms with van der Waals surface area (Å²) in [7, 11) is 0. The zero-order chi connectivity index (χ0) is 14.7. The van der Waals surface area contributed by atoms with Crippen molar-refractivity contribution in [2.24, 2.45) is 5.92 Å². The first-order valence-electron chi connectivity index (χ1n) is 7.21. The molecule has 3 rings (SSSR count). The molecule has 5 nitrogen and oxygen atoms in total. The molecule has 0 aromatic heterocycles. The lowest BCUT2D eigenvalue weighted by atomic mass is 9.85. The molecule has 0 amide bonds. The van der Waals surface area contributed by atoms with Crippen LogP contribution in [0.2, 0.25) is 0 Å². The molecular formula is C16H17NO4. The number of fused-ring (bicyclic) bond motifs is 1. The van der Waals surface area contributed by atoms with Crippen LogP contribution >= 0.6 is 0 Å². The molecule has 1 aliphatic heterocycles. The Balaban J connectivity index is 1.67. The van der Waals surface area contributed by atoms with Gasteiger partial charge in [-0.15, -0.1) is 0 Å². The second-order valence-corrected chi connectivity index (χ2v) is 5.41. The number of hydrogen-bond acceptors (Lipinski definition) is 4. The predicted octanol–water partition coefficient (Wildman–Crippen LogP) is 2.53. The minimum absolute atomic E-state index is 0.0783. The van der Waals surface area contributed by atoms with Gasteiger partial charge in [0.2, 0.25) is 0 Å². The van der Waals surface area contributed by atoms with Gasteiger partial charge in [0.1, 0.15) is 0 Å². The van der Waals surface area contributed by atoms with E-state index in [1.807, 2.05) is 0 Å². The SMILES string of the molecule is O=[N+]([O-])c1cccc(C#CC2CCC3OCCOC3C2)c1. The van der Waals surface area contributed by atoms with Crippen LogP contribution in [0.5, 0.6) is 0 Å². The smallest absolute Gasteiger partial charge is 0.270 e. The van der Waals surface area contributed by atoms with E-state index in [1.54, 1.807) is 12.1 Å². The fourth-order valence-corrected chi connectivity index (χ4v) is 2.88. The summed E-state index contributed by atoms with van der Waals surface area (Å²) < 4.78 is 11.4. The number of hydrogen-bond donors (Lipinski definition) is 0. The van der Waals surface area contributed by atoms with Gasteiger partial charge in [0.25, 0.3) is 5.69 Å². The van der Waals surface area contributed by atoms with Gasteiger partial charge in [0, 0.05) is 23.6 Å². The minimum atomic E-state index is -0.399. The summed E-state index contributed by atoms with van der Waals surface area (Å²) in [6.07, 6.45) is 3.21. The summed E-state index contributed by atoms with van der Waals surface area (Å²) in [5, 5.41) is 10.7. The van der Waals surface area contributed by atoms with Crippen molar-refractivity contribution in [2.75, 3.05) is 13.2 Å². The second-order valence-electron chi connectivity index (χ2n) is 5.41. The van der Waals surface area contributed by atoms with E-state index < -0.39 is 4.92 Å². The quantitative estimate of drug-likeness (QED) is 0.452. The number of benzene rings is 1. The van der Waals surface area contributed by atoms with Gasteiger partial charge in [-0.1, -0.05) is 17.9 Å². The van der Waals surface area contributed by atoms with Gasteiger partial charge in [-0.25, -0.2) is 0 Å². The maximum Gasteiger partial charge on any atom is 0.270 e. The van der Waals surface area contributed by atoms with Gasteiger partial charge in [0.05, 0.1) is 30.3 Å². The Morgan fingerprint density at radius 2 is 2.00 bits per heavy atom. The molecule has 0 spiro atoms. The maximum absolute atomic E-state index is 10.7. The highest BCUT2D eigenvalue weighted by atomic mass is 16.6. The summed E-state index contributed by atoms with van der Waals surface area (Å²) >= 11 is 0. The first-order valence-corrected chi connectivity index (χ1v) is 7.21. The molecule has 0 radical (unpaired) electrons. The van der Waals surface area contributed by atoms with E-state index in [0.29, 0.717) is 18.8 Å². The number of rotatable bonds is 1. The normalized spacial score (nSPS) is 28.1. The van der Waals surface area contributed by atoms with E-state index in [1.165, 1.54) is 12.1 Å². The van der Waals surface area contributed by atoms with Crippen LogP contribution in [0.4, 0.5) is 5.69 Å². The molecular weight excluding hydrogens is 270 g/mol. The van der Waals surface area contributed by atoms with Crippen molar-refractivity contribution < 1.29 is 14.4 Å². The summed E-state index contributed by atoms with van der Waals surface area (Å²) in [6.45, 7) is 1.34. The molecule has 110 valence electrons. The summed E-state index contributed by atoms with van der Waals surface area (Å²) in [5.41, 5.74) is 0.765. The molecule has 0 bridgehead atoms. The lowest BCUT2D eigenvalue weighted by Gasteiger charge is -2.37. The summed E-state index contributed by atoms with van der Waals surface area (Å²) in [6, 6.07) is 6.45. The molecule has 3 atom stereocenters. The van der Waals surface area contributed by atoms with Gasteiger partial charge >= 0.3 is 0 Å². The topological polar surface area (TPSA) is 61.6 Å². The molecule has 1 saturated heterocycles. The summed E-state index contributed by atoms with van der Waals surface area (Å²) in [5.74, 6) is 6.55. The Kier molecular flexibility index (Phi) is 4.18. The molecule has 3 unspecified atom stereocenters. The maximum atomic E-state index is 10.7. The molecule has 2 aliphatic rings. The first-order chi connectivity index (χ1) is 10.2. The van der Waals surface area contributed by atoms with Crippen LogP contribution in [-0.4, -0.2) is 30.3 Å². The van der Waals surface area contributed by atoms with E-state index in [0.717, 1.165) is 19.3 Å². The first kappa shape index (κ1) is 14.1. The fourth-order valence-electron chi connectivity index (χ4n) is 2.88. The van der Waals surface area contributed by atoms with Crippen molar-refractivity contribution in [1.82, 2.24) is 0 Å². The Bertz CT molecular complexity index is 589. The molecule has 1 heterocycles. The van der Waals surface area contributed by atoms with Crippen LogP contribution < -0.4 is 0 Å². The molecule has 1 aromatic carbocycles. The molecule has 1 aromatic rings. The third-order valence-corrected chi connectivity index (χ3v) is 3.96. The molecule has 5 heteroatoms. The van der Waals surface area contributed by atoms with E-state index in [2.05, 4.69) is 11.8 Å². The second kappa shape index (κ2) is 6.25. The van der Waals surface area contributed by atoms with Crippen molar-refractivity contribution in [2.45, 2.75) is 31.5 Å². The van der Waals surface area contributed by atoms with Gasteiger partial charge < -0.3 is 9.47 Å². The monoisotopic (exact) mass is 287 g/mol. The van der Waals surface area contributed by atoms with Crippen LogP contribution in [0.3, 0.4) is 0 Å². The van der Waals surface area contributed by atoms with Crippen molar-refractivity contribution in [1.29, 1.82) is 0 Å². The number of nitrogens with zero attached hydrogens (tertiary/aromatic N) is 1. The standard InChI is InChI=1S/C16H17NO4/c18-17(19)14-3-1-2-12(10-14)4-5-13-6-7-15-16(11-13)21-9-8-20-15/h1-3,10,13,15-16H,6-9,11H2. The van der Waals surface area contributed by atoms with E-state index in [9.17, 15) is 10.1 Å². The number of ether oxygens (including phenoxy) is 2. The van der Waals surface area contributed by atoms with Crippen LogP contribution in [0.15, 0.2) is 24.3 Å². The third-order valence-electron chi connectivity index (χ3n) is 3.96. The lowest BCUT2D eigenvalue weighted by molar-refractivity contribution is -0.384. The van der Waals surface area contributed by atoms with E-state index in [-0.39, 0.29) is 23.8 Å². The van der Waals surface area contributed by atoms with Crippen LogP contribution in [0.25, 0.3) is 0 Å². The molecule has 2 fully saturated rings. The number of nitro groups is 1. The van der Waals surface area contributed by atoms with Crippen LogP contribution in [0, 0.1) is 27.9 Å². The van der Waals surface area contributed by atoms with Crippen LogP contribution in [0.1, 0.15) is 24.8 Å². The van der Waals surface area contributed by atoms with Gasteiger partial charge in [-0.05, 0) is 25.3 Å². The Labute approximate surface area is 123 Å². The average molecular weight is 287 g/mol. The Morgan fingerprint density at radius 3 is 2.81 bits per heavy atom. The van der Waals surface area contributed by atoms with Gasteiger partial charge in [-0.3, -0.25) is 10.1 Å². The van der Waals surface area contributed by atoms with E-state index >= 15 is 0 Å². The lowest BCUT2D eigenvalue weighted by Crippen LogP contribution is -2.42. The molecule has 21 heavy (non-hydrogen) atoms. The minimum Gasteiger partial charge on any atom is -0.373 e. The molecule has 1 saturated carbocycles. The van der Waals surface area contributed by atoms with Crippen molar-refractivity contribution in [3.05, 3.63) is 39.9 Å². The zero-order valence-electron chi connectivity index (χ0n) is 11.7. The van der Waals surface area contributed by atoms with Crippen molar-refractivity contribution >= 4 is 5.69 Å². The van der Waals surface area contributed by atoms with E-state index in [4.69, 9.17) is 9.47 Å². The fraction of sp³-hybridized carbons (Fsp3) is 0.500. The van der Waals surface area contributed by atoms with Crippen molar-refractivity contribution in [3.63, 3.8) is 0 Å². The molecule has 1 aliphatic carbocycles. The molecule has 0 N–H and O–H groups in total. The zero-order valence-corrected chi connectivity index (χ0v) is 11.7. The highest BCUT2D eigenvalue weighted by Gasteiger charge is 2.33. The third kappa shape index (κ3) is 3.41. The Hall–Kier alpha value is -1.90. The van der Waals surface area contributed by atoms with Crippen LogP contribution in [-0.2, 0) is 9.47 Å². The average Bonchev–Trinajstić information content (AvgIpc) is 2.53. The number of non-ortho nitro benzene ring substituents is 1. The number of nitro benzene ring substituents is 1. The predicted molar refractivity (Wildman–Crippen MR) is 76.8 cm³/mol. The highest BCUT2D eigenvalue weighted by molar-refractivity contribution is 5.43.